The van der Waals surface area contributed by atoms with Gasteiger partial charge in [0.15, 0.2) is 0 Å². The van der Waals surface area contributed by atoms with Gasteiger partial charge in [0.05, 0.1) is 0 Å². The Morgan fingerprint density at radius 3 is 1.43 bits per heavy atom. The average molecular weight is 751 g/mol. The maximum absolute atomic E-state index is 7.41. The smallest absolute Gasteiger partial charge is 0.144 e. The minimum absolute atomic E-state index is 0.848. The molecule has 0 radical (unpaired) electrons. The maximum atomic E-state index is 7.41. The van der Waals surface area contributed by atoms with E-state index in [2.05, 4.69) is 184 Å². The zero-order chi connectivity index (χ0) is 39.0. The van der Waals surface area contributed by atoms with Crippen LogP contribution in [0.1, 0.15) is 51.1 Å². The summed E-state index contributed by atoms with van der Waals surface area (Å²) in [4.78, 5) is 0. The van der Waals surface area contributed by atoms with Crippen molar-refractivity contribution in [3.8, 4) is 55.6 Å². The van der Waals surface area contributed by atoms with E-state index in [1.54, 1.807) is 0 Å². The molecule has 2 heteroatoms. The Kier molecular flexibility index (Phi) is 9.47. The lowest BCUT2D eigenvalue weighted by Gasteiger charge is -2.15. The molecule has 0 N–H and O–H groups in total. The molecule has 0 atom stereocenters. The van der Waals surface area contributed by atoms with E-state index in [4.69, 9.17) is 8.83 Å². The van der Waals surface area contributed by atoms with Crippen molar-refractivity contribution in [2.75, 3.05) is 0 Å². The molecule has 0 spiro atoms. The number of hydrogen-bond acceptors (Lipinski definition) is 2. The highest BCUT2D eigenvalue weighted by molar-refractivity contribution is 6.26. The molecule has 0 saturated heterocycles. The van der Waals surface area contributed by atoms with Gasteiger partial charge in [0.1, 0.15) is 22.7 Å². The summed E-state index contributed by atoms with van der Waals surface area (Å²) in [5.74, 6) is 2.05. The Balaban J connectivity index is 1.36. The monoisotopic (exact) mass is 750 g/mol. The molecular formula is C56H46O2. The molecule has 8 aromatic carbocycles. The van der Waals surface area contributed by atoms with E-state index in [0.29, 0.717) is 0 Å². The molecule has 58 heavy (non-hydrogen) atoms. The highest BCUT2D eigenvalue weighted by Gasteiger charge is 2.31. The summed E-state index contributed by atoms with van der Waals surface area (Å²) in [7, 11) is 0. The maximum Gasteiger partial charge on any atom is 0.144 e. The second kappa shape index (κ2) is 15.4. The number of rotatable bonds is 11. The summed E-state index contributed by atoms with van der Waals surface area (Å²) in [5.41, 5.74) is 13.3. The van der Waals surface area contributed by atoms with Crippen LogP contribution in [0.2, 0.25) is 0 Å². The summed E-state index contributed by atoms with van der Waals surface area (Å²) in [5, 5.41) is 7.14. The number of benzene rings is 8. The van der Waals surface area contributed by atoms with Crippen LogP contribution in [-0.4, -0.2) is 0 Å². The minimum Gasteiger partial charge on any atom is -0.460 e. The van der Waals surface area contributed by atoms with Gasteiger partial charge in [0.2, 0.25) is 0 Å². The summed E-state index contributed by atoms with van der Waals surface area (Å²) < 4.78 is 14.8. The molecule has 2 nitrogen and oxygen atoms in total. The molecule has 10 aromatic rings. The molecule has 282 valence electrons. The molecule has 2 aromatic heterocycles. The summed E-state index contributed by atoms with van der Waals surface area (Å²) in [6.45, 7) is 4.51. The molecule has 0 unspecified atom stereocenters. The Morgan fingerprint density at radius 1 is 0.362 bits per heavy atom. The van der Waals surface area contributed by atoms with Crippen LogP contribution in [0.5, 0.6) is 0 Å². The quantitative estimate of drug-likeness (QED) is 0.132. The van der Waals surface area contributed by atoms with Crippen LogP contribution in [-0.2, 0) is 12.8 Å². The molecule has 0 fully saturated rings. The second-order valence-electron chi connectivity index (χ2n) is 15.6. The van der Waals surface area contributed by atoms with E-state index in [9.17, 15) is 0 Å². The van der Waals surface area contributed by atoms with E-state index in [1.807, 2.05) is 0 Å². The molecule has 2 heterocycles. The van der Waals surface area contributed by atoms with Crippen molar-refractivity contribution in [1.29, 1.82) is 0 Å². The normalized spacial score (nSPS) is 11.7. The lowest BCUT2D eigenvalue weighted by molar-refractivity contribution is 0.537. The number of hydrogen-bond donors (Lipinski definition) is 0. The average Bonchev–Trinajstić information content (AvgIpc) is 3.85. The van der Waals surface area contributed by atoms with Crippen LogP contribution >= 0.6 is 0 Å². The van der Waals surface area contributed by atoms with Crippen molar-refractivity contribution in [3.05, 3.63) is 181 Å². The first kappa shape index (κ1) is 35.8. The molecule has 0 amide bonds. The number of fused-ring (bicyclic) bond motifs is 4. The largest absolute Gasteiger partial charge is 0.460 e. The first-order chi connectivity index (χ1) is 28.7. The van der Waals surface area contributed by atoms with Gasteiger partial charge < -0.3 is 8.83 Å². The Morgan fingerprint density at radius 2 is 0.828 bits per heavy atom. The second-order valence-corrected chi connectivity index (χ2v) is 15.6. The topological polar surface area (TPSA) is 26.3 Å². The van der Waals surface area contributed by atoms with Crippen LogP contribution in [0.25, 0.3) is 99.1 Å². The first-order valence-corrected chi connectivity index (χ1v) is 21.0. The number of aryl methyl sites for hydroxylation is 2. The SMILES string of the molecule is CCCCc1oc2c(-c3ccc4ccccc4c3)c3c(-c4ccccc4)c(CCCC)oc3c(-c3ccc(-c4cccc5ccccc45)cc3)c2c1-c1ccccc1. The van der Waals surface area contributed by atoms with E-state index in [1.165, 1.54) is 32.7 Å². The highest BCUT2D eigenvalue weighted by Crippen LogP contribution is 2.54. The Bertz CT molecular complexity index is 3040. The van der Waals surface area contributed by atoms with Crippen molar-refractivity contribution in [1.82, 2.24) is 0 Å². The van der Waals surface area contributed by atoms with Gasteiger partial charge in [-0.15, -0.1) is 0 Å². The van der Waals surface area contributed by atoms with Crippen LogP contribution in [0.4, 0.5) is 0 Å². The van der Waals surface area contributed by atoms with Crippen molar-refractivity contribution in [3.63, 3.8) is 0 Å². The summed E-state index contributed by atoms with van der Waals surface area (Å²) in [6, 6.07) is 61.6. The number of unbranched alkanes of at least 4 members (excludes halogenated alkanes) is 2. The predicted octanol–water partition coefficient (Wildman–Crippen LogP) is 16.5. The van der Waals surface area contributed by atoms with Crippen LogP contribution in [0.15, 0.2) is 179 Å². The van der Waals surface area contributed by atoms with Gasteiger partial charge in [-0.25, -0.2) is 0 Å². The van der Waals surface area contributed by atoms with Crippen molar-refractivity contribution >= 4 is 43.5 Å². The van der Waals surface area contributed by atoms with Gasteiger partial charge in [-0.3, -0.25) is 0 Å². The van der Waals surface area contributed by atoms with E-state index >= 15 is 0 Å². The number of furan rings is 2. The van der Waals surface area contributed by atoms with Crippen molar-refractivity contribution in [2.45, 2.75) is 52.4 Å². The fourth-order valence-corrected chi connectivity index (χ4v) is 9.05. The van der Waals surface area contributed by atoms with Gasteiger partial charge in [0.25, 0.3) is 0 Å². The van der Waals surface area contributed by atoms with Crippen molar-refractivity contribution < 1.29 is 8.83 Å². The molecule has 10 rings (SSSR count). The summed E-state index contributed by atoms with van der Waals surface area (Å²) >= 11 is 0. The van der Waals surface area contributed by atoms with E-state index in [0.717, 1.165) is 116 Å². The standard InChI is InChI=1S/C56H46O2/c1-3-5-28-47-49(40-20-9-7-10-21-40)53-51(42-33-31-39(32-34-42)46-27-17-25-38-19-15-16-26-45(38)46)55-54(50(41-22-11-8-12-23-41)48(57-55)29-6-4-2)52(56(53)58-47)44-35-30-37-18-13-14-24-43(37)36-44/h7-27,30-36H,3-6,28-29H2,1-2H3. The van der Waals surface area contributed by atoms with Crippen LogP contribution in [0, 0.1) is 0 Å². The fraction of sp³-hybridized carbons (Fsp3) is 0.143. The lowest BCUT2D eigenvalue weighted by Crippen LogP contribution is -1.91. The van der Waals surface area contributed by atoms with E-state index in [-0.39, 0.29) is 0 Å². The fourth-order valence-electron chi connectivity index (χ4n) is 9.05. The van der Waals surface area contributed by atoms with Crippen molar-refractivity contribution in [2.24, 2.45) is 0 Å². The Labute approximate surface area is 340 Å². The van der Waals surface area contributed by atoms with Gasteiger partial charge in [-0.2, -0.15) is 0 Å². The third-order valence-electron chi connectivity index (χ3n) is 11.9. The van der Waals surface area contributed by atoms with Gasteiger partial charge >= 0.3 is 0 Å². The van der Waals surface area contributed by atoms with Crippen LogP contribution in [0.3, 0.4) is 0 Å². The zero-order valence-corrected chi connectivity index (χ0v) is 33.2. The lowest BCUT2D eigenvalue weighted by atomic mass is 9.85. The highest BCUT2D eigenvalue weighted by atomic mass is 16.3. The first-order valence-electron chi connectivity index (χ1n) is 21.0. The summed E-state index contributed by atoms with van der Waals surface area (Å²) in [6.07, 6.45) is 5.92. The molecule has 0 aliphatic heterocycles. The molecular weight excluding hydrogens is 705 g/mol. The third-order valence-corrected chi connectivity index (χ3v) is 11.9. The molecule has 0 bridgehead atoms. The van der Waals surface area contributed by atoms with E-state index < -0.39 is 0 Å². The van der Waals surface area contributed by atoms with Gasteiger partial charge in [-0.1, -0.05) is 190 Å². The zero-order valence-electron chi connectivity index (χ0n) is 33.2. The third kappa shape index (κ3) is 6.21. The van der Waals surface area contributed by atoms with Crippen LogP contribution < -0.4 is 0 Å². The van der Waals surface area contributed by atoms with Gasteiger partial charge in [0, 0.05) is 45.9 Å². The molecule has 0 aliphatic carbocycles. The Hall–Kier alpha value is -6.64. The van der Waals surface area contributed by atoms with Gasteiger partial charge in [-0.05, 0) is 73.8 Å². The predicted molar refractivity (Wildman–Crippen MR) is 245 cm³/mol. The molecule has 0 saturated carbocycles. The minimum atomic E-state index is 0.848. The molecule has 0 aliphatic rings.